The highest BCUT2D eigenvalue weighted by atomic mass is 35.5. The molecule has 0 radical (unpaired) electrons. The van der Waals surface area contributed by atoms with E-state index in [9.17, 15) is 19.2 Å². The molecule has 3 aromatic carbocycles. The molecular formula is C35H40ClN5O4. The Kier molecular flexibility index (Phi) is 10.5. The highest BCUT2D eigenvalue weighted by Crippen LogP contribution is 2.26. The maximum Gasteiger partial charge on any atom is 0.246 e. The molecule has 0 aliphatic carbocycles. The van der Waals surface area contributed by atoms with Crippen molar-refractivity contribution in [3.05, 3.63) is 100 Å². The third-order valence-electron chi connectivity index (χ3n) is 8.62. The van der Waals surface area contributed by atoms with Crippen LogP contribution in [0.15, 0.2) is 72.8 Å². The lowest BCUT2D eigenvalue weighted by Crippen LogP contribution is -2.56. The molecule has 2 aliphatic heterocycles. The van der Waals surface area contributed by atoms with Gasteiger partial charge in [-0.15, -0.1) is 0 Å². The van der Waals surface area contributed by atoms with Crippen molar-refractivity contribution in [2.75, 3.05) is 25.0 Å². The molecule has 1 saturated heterocycles. The maximum absolute atomic E-state index is 13.7. The number of benzene rings is 3. The smallest absolute Gasteiger partial charge is 0.246 e. The van der Waals surface area contributed by atoms with Crippen LogP contribution < -0.4 is 16.4 Å². The van der Waals surface area contributed by atoms with Crippen molar-refractivity contribution in [3.63, 3.8) is 0 Å². The Hall–Kier alpha value is -4.21. The van der Waals surface area contributed by atoms with Crippen molar-refractivity contribution in [1.82, 2.24) is 15.1 Å². The summed E-state index contributed by atoms with van der Waals surface area (Å²) in [4.78, 5) is 56.8. The Labute approximate surface area is 269 Å². The summed E-state index contributed by atoms with van der Waals surface area (Å²) in [6, 6.07) is 21.3. The van der Waals surface area contributed by atoms with E-state index in [-0.39, 0.29) is 44.2 Å². The van der Waals surface area contributed by atoms with Gasteiger partial charge in [0, 0.05) is 49.6 Å². The first-order valence-corrected chi connectivity index (χ1v) is 15.8. The predicted molar refractivity (Wildman–Crippen MR) is 174 cm³/mol. The van der Waals surface area contributed by atoms with Crippen LogP contribution in [0.1, 0.15) is 41.5 Å². The molecule has 4 N–H and O–H groups in total. The summed E-state index contributed by atoms with van der Waals surface area (Å²) in [6.45, 7) is 3.64. The summed E-state index contributed by atoms with van der Waals surface area (Å²) in [5, 5.41) is 6.27. The van der Waals surface area contributed by atoms with Crippen LogP contribution in [-0.4, -0.2) is 65.1 Å². The maximum atomic E-state index is 13.7. The number of anilines is 1. The average Bonchev–Trinajstić information content (AvgIpc) is 3.02. The molecule has 0 saturated carbocycles. The van der Waals surface area contributed by atoms with E-state index in [0.717, 1.165) is 23.1 Å². The van der Waals surface area contributed by atoms with Gasteiger partial charge < -0.3 is 26.2 Å². The number of hydrogen-bond donors (Lipinski definition) is 3. The van der Waals surface area contributed by atoms with Gasteiger partial charge in [-0.2, -0.15) is 0 Å². The summed E-state index contributed by atoms with van der Waals surface area (Å²) < 4.78 is 0. The second-order valence-electron chi connectivity index (χ2n) is 12.0. The van der Waals surface area contributed by atoms with Gasteiger partial charge in [0.15, 0.2) is 0 Å². The Balaban J connectivity index is 1.21. The molecule has 4 amide bonds. The molecule has 2 aliphatic rings. The second-order valence-corrected chi connectivity index (χ2v) is 12.4. The largest absolute Gasteiger partial charge is 0.342 e. The van der Waals surface area contributed by atoms with Gasteiger partial charge in [-0.3, -0.25) is 19.2 Å². The van der Waals surface area contributed by atoms with Crippen LogP contribution in [0.25, 0.3) is 0 Å². The molecule has 3 aromatic rings. The number of fused-ring (bicyclic) bond motifs is 1. The van der Waals surface area contributed by atoms with E-state index >= 15 is 0 Å². The summed E-state index contributed by atoms with van der Waals surface area (Å²) in [5.74, 6) is -0.744. The summed E-state index contributed by atoms with van der Waals surface area (Å²) in [6.07, 6.45) is 1.55. The van der Waals surface area contributed by atoms with Crippen molar-refractivity contribution in [2.24, 2.45) is 11.7 Å². The summed E-state index contributed by atoms with van der Waals surface area (Å²) in [5.41, 5.74) is 10.4. The molecular weight excluding hydrogens is 590 g/mol. The SMILES string of the molecule is Cc1cc(NC(=O)[C@H](CCN)NC(=O)[C@@H]2Cc3ccccc3CN2C(=O)CCC(=O)N2CC(Cc3ccccc3)C2)ccc1Cl. The normalized spacial score (nSPS) is 16.7. The number of carbonyl (C=O) groups excluding carboxylic acids is 4. The van der Waals surface area contributed by atoms with E-state index in [0.29, 0.717) is 36.1 Å². The first kappa shape index (κ1) is 32.2. The lowest BCUT2D eigenvalue weighted by molar-refractivity contribution is -0.145. The van der Waals surface area contributed by atoms with Crippen LogP contribution >= 0.6 is 11.6 Å². The molecule has 10 heteroatoms. The number of amides is 4. The number of nitrogens with zero attached hydrogens (tertiary/aromatic N) is 2. The minimum atomic E-state index is -0.899. The summed E-state index contributed by atoms with van der Waals surface area (Å²) in [7, 11) is 0. The van der Waals surface area contributed by atoms with Gasteiger partial charge >= 0.3 is 0 Å². The summed E-state index contributed by atoms with van der Waals surface area (Å²) >= 11 is 6.12. The molecule has 45 heavy (non-hydrogen) atoms. The third kappa shape index (κ3) is 8.09. The van der Waals surface area contributed by atoms with E-state index in [1.165, 1.54) is 5.56 Å². The molecule has 236 valence electrons. The zero-order chi connectivity index (χ0) is 31.9. The lowest BCUT2D eigenvalue weighted by Gasteiger charge is -2.40. The highest BCUT2D eigenvalue weighted by Gasteiger charge is 2.37. The number of nitrogens with one attached hydrogen (secondary N) is 2. The molecule has 2 heterocycles. The quantitative estimate of drug-likeness (QED) is 0.297. The Morgan fingerprint density at radius 3 is 2.33 bits per heavy atom. The van der Waals surface area contributed by atoms with Gasteiger partial charge in [0.25, 0.3) is 0 Å². The van der Waals surface area contributed by atoms with Crippen molar-refractivity contribution in [1.29, 1.82) is 0 Å². The van der Waals surface area contributed by atoms with Gasteiger partial charge in [0.1, 0.15) is 12.1 Å². The van der Waals surface area contributed by atoms with Crippen LogP contribution in [0, 0.1) is 12.8 Å². The molecule has 9 nitrogen and oxygen atoms in total. The fourth-order valence-corrected chi connectivity index (χ4v) is 6.16. The first-order chi connectivity index (χ1) is 21.7. The number of halogens is 1. The zero-order valence-electron chi connectivity index (χ0n) is 25.5. The molecule has 0 spiro atoms. The van der Waals surface area contributed by atoms with E-state index in [1.807, 2.05) is 49.4 Å². The number of nitrogens with two attached hydrogens (primary N) is 1. The molecule has 5 rings (SSSR count). The Morgan fingerprint density at radius 1 is 0.933 bits per heavy atom. The highest BCUT2D eigenvalue weighted by molar-refractivity contribution is 6.31. The van der Waals surface area contributed by atoms with Gasteiger partial charge in [0.2, 0.25) is 23.6 Å². The van der Waals surface area contributed by atoms with E-state index in [2.05, 4.69) is 22.8 Å². The van der Waals surface area contributed by atoms with Gasteiger partial charge in [-0.1, -0.05) is 66.2 Å². The van der Waals surface area contributed by atoms with E-state index in [4.69, 9.17) is 17.3 Å². The zero-order valence-corrected chi connectivity index (χ0v) is 26.3. The molecule has 1 fully saturated rings. The van der Waals surface area contributed by atoms with Gasteiger partial charge in [-0.05, 0) is 72.7 Å². The van der Waals surface area contributed by atoms with Crippen molar-refractivity contribution >= 4 is 40.9 Å². The van der Waals surface area contributed by atoms with E-state index in [1.54, 1.807) is 28.0 Å². The number of carbonyl (C=O) groups is 4. The number of aryl methyl sites for hydroxylation is 1. The molecule has 0 bridgehead atoms. The van der Waals surface area contributed by atoms with E-state index < -0.39 is 23.9 Å². The lowest BCUT2D eigenvalue weighted by atomic mass is 9.91. The van der Waals surface area contributed by atoms with Crippen LogP contribution in [-0.2, 0) is 38.6 Å². The number of likely N-dealkylation sites (tertiary alicyclic amines) is 1. The molecule has 2 atom stereocenters. The first-order valence-electron chi connectivity index (χ1n) is 15.5. The fourth-order valence-electron chi connectivity index (χ4n) is 6.04. The van der Waals surface area contributed by atoms with Crippen molar-refractivity contribution < 1.29 is 19.2 Å². The second kappa shape index (κ2) is 14.7. The minimum absolute atomic E-state index is 0.00721. The van der Waals surface area contributed by atoms with Crippen LogP contribution in [0.4, 0.5) is 5.69 Å². The Bertz CT molecular complexity index is 1540. The molecule has 0 aromatic heterocycles. The van der Waals surface area contributed by atoms with Gasteiger partial charge in [-0.25, -0.2) is 0 Å². The third-order valence-corrected chi connectivity index (χ3v) is 9.04. The average molecular weight is 630 g/mol. The van der Waals surface area contributed by atoms with Crippen molar-refractivity contribution in [3.8, 4) is 0 Å². The Morgan fingerprint density at radius 2 is 1.62 bits per heavy atom. The topological polar surface area (TPSA) is 125 Å². The number of rotatable bonds is 11. The van der Waals surface area contributed by atoms with Crippen molar-refractivity contribution in [2.45, 2.75) is 57.7 Å². The minimum Gasteiger partial charge on any atom is -0.342 e. The van der Waals surface area contributed by atoms with Crippen LogP contribution in [0.3, 0.4) is 0 Å². The number of hydrogen-bond acceptors (Lipinski definition) is 5. The fraction of sp³-hybridized carbons (Fsp3) is 0.371. The van der Waals surface area contributed by atoms with Gasteiger partial charge in [0.05, 0.1) is 0 Å². The standard InChI is InChI=1S/C35H40ClN5O4/c1-23-17-28(11-12-29(23)36)38-34(44)30(15-16-37)39-35(45)31-19-26-9-5-6-10-27(26)22-41(31)33(43)14-13-32(42)40-20-25(21-40)18-24-7-3-2-4-8-24/h2-12,17,25,30-31H,13-16,18-22,37H2,1H3,(H,38,44)(H,39,45)/t30-,31-/m0/s1. The monoisotopic (exact) mass is 629 g/mol. The van der Waals surface area contributed by atoms with Crippen LogP contribution in [0.5, 0.6) is 0 Å². The predicted octanol–water partition coefficient (Wildman–Crippen LogP) is 3.86. The van der Waals surface area contributed by atoms with Crippen LogP contribution in [0.2, 0.25) is 5.02 Å². The molecule has 0 unspecified atom stereocenters.